The second-order valence-electron chi connectivity index (χ2n) is 4.57. The minimum Gasteiger partial charge on any atom is -0.486 e. The molecule has 0 amide bonds. The molecule has 0 unspecified atom stereocenters. The Morgan fingerprint density at radius 2 is 2.12 bits per heavy atom. The lowest BCUT2D eigenvalue weighted by molar-refractivity contribution is -0.0137. The molecule has 4 heteroatoms. The molecule has 17 heavy (non-hydrogen) atoms. The monoisotopic (exact) mass is 273 g/mol. The maximum Gasteiger partial charge on any atom is 0.140 e. The Balaban J connectivity index is 2.09. The lowest BCUT2D eigenvalue weighted by Crippen LogP contribution is -2.45. The number of nitrogens with one attached hydrogen (secondary N) is 1. The molecule has 1 saturated carbocycles. The van der Waals surface area contributed by atoms with Crippen LogP contribution in [0.4, 0.5) is 0 Å². The zero-order valence-corrected chi connectivity index (χ0v) is 11.4. The second-order valence-corrected chi connectivity index (χ2v) is 5.41. The quantitative estimate of drug-likeness (QED) is 0.879. The highest BCUT2D eigenvalue weighted by molar-refractivity contribution is 6.34. The normalized spacial score (nSPS) is 17.6. The standard InChI is InChI=1S/C13H17Cl2NO/c1-16-8-7-13(5-2-6-13)17-12-9-10(14)3-4-11(12)15/h3-4,9,16H,2,5-8H2,1H3. The molecule has 1 aliphatic carbocycles. The molecule has 0 aliphatic heterocycles. The van der Waals surface area contributed by atoms with Crippen LogP contribution in [-0.4, -0.2) is 19.2 Å². The van der Waals surface area contributed by atoms with Crippen LogP contribution in [0.25, 0.3) is 0 Å². The van der Waals surface area contributed by atoms with Gasteiger partial charge in [0.25, 0.3) is 0 Å². The van der Waals surface area contributed by atoms with Crippen LogP contribution in [0.2, 0.25) is 10.0 Å². The van der Waals surface area contributed by atoms with Crippen molar-refractivity contribution in [1.82, 2.24) is 5.32 Å². The predicted molar refractivity (Wildman–Crippen MR) is 72.2 cm³/mol. The summed E-state index contributed by atoms with van der Waals surface area (Å²) in [5.41, 5.74) is -0.0443. The maximum absolute atomic E-state index is 6.12. The summed E-state index contributed by atoms with van der Waals surface area (Å²) in [5.74, 6) is 0.704. The maximum atomic E-state index is 6.12. The first-order chi connectivity index (χ1) is 8.15. The molecular formula is C13H17Cl2NO. The summed E-state index contributed by atoms with van der Waals surface area (Å²) in [5, 5.41) is 4.45. The van der Waals surface area contributed by atoms with Gasteiger partial charge in [-0.15, -0.1) is 0 Å². The van der Waals surface area contributed by atoms with Crippen LogP contribution in [0.3, 0.4) is 0 Å². The summed E-state index contributed by atoms with van der Waals surface area (Å²) in [7, 11) is 1.96. The molecule has 1 aliphatic rings. The van der Waals surface area contributed by atoms with E-state index in [1.807, 2.05) is 7.05 Å². The first kappa shape index (κ1) is 13.0. The molecule has 0 atom stereocenters. The summed E-state index contributed by atoms with van der Waals surface area (Å²) in [6, 6.07) is 5.35. The largest absolute Gasteiger partial charge is 0.486 e. The first-order valence-electron chi connectivity index (χ1n) is 5.94. The second kappa shape index (κ2) is 5.47. The van der Waals surface area contributed by atoms with Gasteiger partial charge in [-0.1, -0.05) is 23.2 Å². The Kier molecular flexibility index (Phi) is 4.18. The Hall–Kier alpha value is -0.440. The van der Waals surface area contributed by atoms with Crippen LogP contribution in [0.1, 0.15) is 25.7 Å². The third-order valence-electron chi connectivity index (χ3n) is 3.32. The lowest BCUT2D eigenvalue weighted by Gasteiger charge is -2.42. The van der Waals surface area contributed by atoms with Crippen molar-refractivity contribution in [1.29, 1.82) is 0 Å². The number of halogens is 2. The fraction of sp³-hybridized carbons (Fsp3) is 0.538. The summed E-state index contributed by atoms with van der Waals surface area (Å²) in [6.07, 6.45) is 4.42. The Morgan fingerprint density at radius 3 is 2.71 bits per heavy atom. The van der Waals surface area contributed by atoms with Crippen molar-refractivity contribution in [3.63, 3.8) is 0 Å². The highest BCUT2D eigenvalue weighted by atomic mass is 35.5. The molecule has 0 spiro atoms. The van der Waals surface area contributed by atoms with E-state index >= 15 is 0 Å². The van der Waals surface area contributed by atoms with Gasteiger partial charge in [0.2, 0.25) is 0 Å². The Labute approximate surface area is 112 Å². The fourth-order valence-corrected chi connectivity index (χ4v) is 2.43. The van der Waals surface area contributed by atoms with E-state index < -0.39 is 0 Å². The van der Waals surface area contributed by atoms with Crippen LogP contribution in [0.5, 0.6) is 5.75 Å². The van der Waals surface area contributed by atoms with Crippen LogP contribution in [0, 0.1) is 0 Å². The third-order valence-corrected chi connectivity index (χ3v) is 3.86. The summed E-state index contributed by atoms with van der Waals surface area (Å²) < 4.78 is 6.10. The molecule has 0 saturated heterocycles. The van der Waals surface area contributed by atoms with Crippen molar-refractivity contribution in [2.75, 3.05) is 13.6 Å². The van der Waals surface area contributed by atoms with Gasteiger partial charge in [0.05, 0.1) is 5.02 Å². The highest BCUT2D eigenvalue weighted by Crippen LogP contribution is 2.41. The number of ether oxygens (including phenoxy) is 1. The SMILES string of the molecule is CNCCC1(Oc2cc(Cl)ccc2Cl)CCC1. The van der Waals surface area contributed by atoms with Crippen LogP contribution < -0.4 is 10.1 Å². The smallest absolute Gasteiger partial charge is 0.140 e. The number of benzene rings is 1. The lowest BCUT2D eigenvalue weighted by atomic mass is 9.77. The highest BCUT2D eigenvalue weighted by Gasteiger charge is 2.39. The van der Waals surface area contributed by atoms with Gasteiger partial charge < -0.3 is 10.1 Å². The van der Waals surface area contributed by atoms with E-state index in [0.717, 1.165) is 25.8 Å². The van der Waals surface area contributed by atoms with E-state index in [-0.39, 0.29) is 5.60 Å². The zero-order chi connectivity index (χ0) is 12.3. The fourth-order valence-electron chi connectivity index (χ4n) is 2.12. The average molecular weight is 274 g/mol. The predicted octanol–water partition coefficient (Wildman–Crippen LogP) is 3.90. The Morgan fingerprint density at radius 1 is 1.35 bits per heavy atom. The molecular weight excluding hydrogens is 257 g/mol. The van der Waals surface area contributed by atoms with Crippen molar-refractivity contribution in [3.05, 3.63) is 28.2 Å². The molecule has 1 N–H and O–H groups in total. The van der Waals surface area contributed by atoms with Crippen LogP contribution in [0.15, 0.2) is 18.2 Å². The van der Waals surface area contributed by atoms with E-state index in [4.69, 9.17) is 27.9 Å². The van der Waals surface area contributed by atoms with E-state index in [2.05, 4.69) is 5.32 Å². The van der Waals surface area contributed by atoms with Crippen molar-refractivity contribution in [3.8, 4) is 5.75 Å². The van der Waals surface area contributed by atoms with Gasteiger partial charge in [0.1, 0.15) is 11.4 Å². The van der Waals surface area contributed by atoms with Crippen LogP contribution >= 0.6 is 23.2 Å². The minimum atomic E-state index is -0.0443. The van der Waals surface area contributed by atoms with Gasteiger partial charge in [-0.25, -0.2) is 0 Å². The van der Waals surface area contributed by atoms with Gasteiger partial charge in [-0.2, -0.15) is 0 Å². The number of hydrogen-bond acceptors (Lipinski definition) is 2. The van der Waals surface area contributed by atoms with E-state index in [0.29, 0.717) is 15.8 Å². The zero-order valence-electron chi connectivity index (χ0n) is 9.93. The molecule has 0 radical (unpaired) electrons. The van der Waals surface area contributed by atoms with E-state index in [9.17, 15) is 0 Å². The topological polar surface area (TPSA) is 21.3 Å². The van der Waals surface area contributed by atoms with E-state index in [1.165, 1.54) is 6.42 Å². The number of rotatable bonds is 5. The van der Waals surface area contributed by atoms with Gasteiger partial charge in [0.15, 0.2) is 0 Å². The molecule has 1 aromatic rings. The molecule has 2 rings (SSSR count). The number of hydrogen-bond donors (Lipinski definition) is 1. The molecule has 0 bridgehead atoms. The van der Waals surface area contributed by atoms with Gasteiger partial charge in [0, 0.05) is 11.1 Å². The molecule has 0 heterocycles. The van der Waals surface area contributed by atoms with Crippen molar-refractivity contribution in [2.45, 2.75) is 31.3 Å². The van der Waals surface area contributed by atoms with E-state index in [1.54, 1.807) is 18.2 Å². The van der Waals surface area contributed by atoms with Gasteiger partial charge in [-0.05, 0) is 51.4 Å². The minimum absolute atomic E-state index is 0.0443. The molecule has 1 fully saturated rings. The van der Waals surface area contributed by atoms with Crippen molar-refractivity contribution in [2.24, 2.45) is 0 Å². The third kappa shape index (κ3) is 3.06. The molecule has 1 aromatic carbocycles. The molecule has 0 aromatic heterocycles. The average Bonchev–Trinajstić information content (AvgIpc) is 2.26. The van der Waals surface area contributed by atoms with Gasteiger partial charge >= 0.3 is 0 Å². The Bertz CT molecular complexity index is 391. The van der Waals surface area contributed by atoms with Crippen LogP contribution in [-0.2, 0) is 0 Å². The summed E-state index contributed by atoms with van der Waals surface area (Å²) in [6.45, 7) is 0.957. The molecule has 94 valence electrons. The summed E-state index contributed by atoms with van der Waals surface area (Å²) >= 11 is 12.1. The first-order valence-corrected chi connectivity index (χ1v) is 6.69. The molecule has 2 nitrogen and oxygen atoms in total. The van der Waals surface area contributed by atoms with Crippen molar-refractivity contribution >= 4 is 23.2 Å². The van der Waals surface area contributed by atoms with Crippen molar-refractivity contribution < 1.29 is 4.74 Å². The summed E-state index contributed by atoms with van der Waals surface area (Å²) in [4.78, 5) is 0. The van der Waals surface area contributed by atoms with Gasteiger partial charge in [-0.3, -0.25) is 0 Å².